The number of carboxylic acids is 1. The minimum atomic E-state index is -4.51. The summed E-state index contributed by atoms with van der Waals surface area (Å²) in [5, 5.41) is 11.0. The smallest absolute Gasteiger partial charge is 0.472 e. The molecule has 0 radical (unpaired) electrons. The maximum absolute atomic E-state index is 12.7. The van der Waals surface area contributed by atoms with Gasteiger partial charge in [0.25, 0.3) is 0 Å². The van der Waals surface area contributed by atoms with Crippen molar-refractivity contribution in [3.05, 3.63) is 48.6 Å². The number of unbranched alkanes of at least 4 members (excludes halogenated alkanes) is 46. The van der Waals surface area contributed by atoms with Gasteiger partial charge in [0.2, 0.25) is 5.91 Å². The quantitative estimate of drug-likeness (QED) is 0.0124. The first kappa shape index (κ1) is 122. The highest BCUT2D eigenvalue weighted by Crippen LogP contribution is 2.44. The molecule has 6 N–H and O–H groups in total. The van der Waals surface area contributed by atoms with Gasteiger partial charge in [-0.05, 0) is 168 Å². The highest BCUT2D eigenvalue weighted by atomic mass is 31.2. The minimum Gasteiger partial charge on any atom is -0.481 e. The van der Waals surface area contributed by atoms with Gasteiger partial charge in [-0.1, -0.05) is 295 Å². The molecule has 0 aliphatic carbocycles. The Morgan fingerprint density at radius 2 is 0.574 bits per heavy atom. The topological polar surface area (TPSA) is 335 Å². The molecule has 0 spiro atoms. The van der Waals surface area contributed by atoms with E-state index in [1.165, 1.54) is 180 Å². The van der Waals surface area contributed by atoms with E-state index in [2.05, 4.69) is 81.6 Å². The number of carbonyl (C=O) groups excluding carboxylic acids is 6. The molecule has 0 aromatic rings. The minimum absolute atomic E-state index is 0.0518. The van der Waals surface area contributed by atoms with E-state index in [1.54, 1.807) is 0 Å². The number of ether oxygens (including phenoxy) is 5. The molecule has 0 fully saturated rings. The van der Waals surface area contributed by atoms with Crippen LogP contribution in [0.4, 0.5) is 0 Å². The molecule has 0 saturated carbocycles. The number of nitrogens with two attached hydrogens (primary N) is 1. The predicted molar refractivity (Wildman–Crippen MR) is 496 cm³/mol. The van der Waals surface area contributed by atoms with Crippen LogP contribution in [-0.2, 0) is 84.5 Å². The number of esters is 5. The molecule has 0 aromatic heterocycles. The van der Waals surface area contributed by atoms with Gasteiger partial charge in [-0.25, -0.2) is 9.13 Å². The zero-order valence-corrected chi connectivity index (χ0v) is 80.4. The summed E-state index contributed by atoms with van der Waals surface area (Å²) in [6, 6.07) is 0. The molecule has 0 aromatic carbocycles. The number of allylic oxidation sites excluding steroid dienone is 8. The fraction of sp³-hybridized carbons (Fsp3) is 0.845. The van der Waals surface area contributed by atoms with Gasteiger partial charge in [-0.2, -0.15) is 0 Å². The number of phosphoric acid groups is 2. The average Bonchev–Trinajstić information content (AvgIpc) is 0.911. The van der Waals surface area contributed by atoms with Crippen LogP contribution in [0.15, 0.2) is 48.6 Å². The summed E-state index contributed by atoms with van der Waals surface area (Å²) >= 11 is 0. The zero-order chi connectivity index (χ0) is 90.6. The molecule has 2 unspecified atom stereocenters. The molecular formula is C97H182N2O21P2. The maximum atomic E-state index is 12.7. The normalized spacial score (nSPS) is 13.1. The van der Waals surface area contributed by atoms with Crippen molar-refractivity contribution in [1.29, 1.82) is 0 Å². The summed E-state index contributed by atoms with van der Waals surface area (Å²) in [5.74, 6) is -2.97. The second kappa shape index (κ2) is 92.6. The van der Waals surface area contributed by atoms with E-state index < -0.39 is 76.5 Å². The van der Waals surface area contributed by atoms with Gasteiger partial charge in [0, 0.05) is 58.0 Å². The average molecular weight is 1770 g/mol. The highest BCUT2D eigenvalue weighted by Gasteiger charge is 2.28. The van der Waals surface area contributed by atoms with Crippen LogP contribution in [0.3, 0.4) is 0 Å². The van der Waals surface area contributed by atoms with Crippen LogP contribution in [0.25, 0.3) is 0 Å². The third-order valence-electron chi connectivity index (χ3n) is 20.1. The lowest BCUT2D eigenvalue weighted by Gasteiger charge is -2.20. The predicted octanol–water partition coefficient (Wildman–Crippen LogP) is 26.5. The Hall–Kier alpha value is -4.57. The number of phosphoric ester groups is 2. The Balaban J connectivity index is -0.00000201. The van der Waals surface area contributed by atoms with E-state index in [9.17, 15) is 52.5 Å². The van der Waals surface area contributed by atoms with Gasteiger partial charge in [-0.15, -0.1) is 0 Å². The molecule has 23 nitrogen and oxygen atoms in total. The fourth-order valence-corrected chi connectivity index (χ4v) is 14.4. The molecule has 25 heteroatoms. The molecule has 0 aliphatic rings. The lowest BCUT2D eigenvalue weighted by molar-refractivity contribution is -0.161. The molecule has 1 amide bonds. The van der Waals surface area contributed by atoms with Gasteiger partial charge < -0.3 is 49.6 Å². The first-order valence-electron chi connectivity index (χ1n) is 48.8. The lowest BCUT2D eigenvalue weighted by Crippen LogP contribution is -2.30. The number of carbonyl (C=O) groups is 7. The van der Waals surface area contributed by atoms with Crippen molar-refractivity contribution in [2.24, 2.45) is 5.73 Å². The Labute approximate surface area is 743 Å². The van der Waals surface area contributed by atoms with Crippen LogP contribution in [0.1, 0.15) is 460 Å². The van der Waals surface area contributed by atoms with Crippen molar-refractivity contribution in [2.75, 3.05) is 52.7 Å². The van der Waals surface area contributed by atoms with E-state index in [1.807, 2.05) is 27.7 Å². The van der Waals surface area contributed by atoms with Crippen LogP contribution < -0.4 is 11.1 Å². The highest BCUT2D eigenvalue weighted by molar-refractivity contribution is 7.47. The van der Waals surface area contributed by atoms with Crippen LogP contribution in [0.5, 0.6) is 0 Å². The number of aliphatic carboxylic acids is 1. The molecule has 716 valence electrons. The summed E-state index contributed by atoms with van der Waals surface area (Å²) in [5.41, 5.74) is 4.88. The Morgan fingerprint density at radius 3 is 0.861 bits per heavy atom. The largest absolute Gasteiger partial charge is 0.481 e. The standard InChI is InChI=1S/C46H86NO9P.C41H78NO8P.C10H18O4/c1-4-7-10-12-14-16-18-20-22-24-26-28-30-32-34-37-45(49)53-41-43(42-55-57(51,52)54-40-39-47-44(48)36-9-6-3)56-46(50)38-35-33-31-29-27-25-23-21-19-17-15-13-11-8-5-2;1-3-5-7-9-11-13-15-17-19-21-23-25-27-29-31-33-40(43)47-37-39(38-49-51(45,46)48-36-35-42)50-41(44)34-32-30-28-26-24-22-20-18-16-14-12-10-8-6-4-2;1-10(2,3)14-9(13)7-5-4-6-8(11)12/h20-23,43H,4-19,24-42H2,1-3H3,(H,47,48)(H,51,52);17-20,39H,3-16,21-38,42H2,1-2H3,(H,45,46);4-7H2,1-3H3,(H,11,12)/b22-20-,23-21-;19-17-,20-18-;/t43-;39-;/m11./s1. The number of hydrogen-bond donors (Lipinski definition) is 5. The molecule has 0 aliphatic heterocycles. The molecule has 0 rings (SSSR count). The van der Waals surface area contributed by atoms with E-state index in [0.29, 0.717) is 44.9 Å². The van der Waals surface area contributed by atoms with Gasteiger partial charge in [-0.3, -0.25) is 51.7 Å². The Morgan fingerprint density at radius 1 is 0.320 bits per heavy atom. The summed E-state index contributed by atoms with van der Waals surface area (Å²) < 4.78 is 71.3. The van der Waals surface area contributed by atoms with Crippen molar-refractivity contribution >= 4 is 57.4 Å². The number of nitrogens with one attached hydrogen (secondary N) is 1. The van der Waals surface area contributed by atoms with E-state index >= 15 is 0 Å². The second-order valence-electron chi connectivity index (χ2n) is 33.6. The molecule has 0 heterocycles. The van der Waals surface area contributed by atoms with E-state index in [-0.39, 0.29) is 83.5 Å². The SMILES string of the molecule is CC(C)(C)OC(=O)CCCCC(=O)O.CCCCCCCC/C=C\CCCCCCCC(=O)OC[C@H](COP(=O)(O)OCCN)OC(=O)CCCCCCC/C=C\CCCCCCCC.CCCCCCCC/C=C\CCCCCCCC(=O)OC[C@H](COP(=O)(O)OCCNC(=O)CCCC)OC(=O)CCCCCCC/C=C\CCCCCCCC. The van der Waals surface area contributed by atoms with Gasteiger partial charge >= 0.3 is 51.5 Å². The van der Waals surface area contributed by atoms with Crippen LogP contribution in [0.2, 0.25) is 0 Å². The third kappa shape index (κ3) is 101. The van der Waals surface area contributed by atoms with Crippen molar-refractivity contribution in [3.8, 4) is 0 Å². The van der Waals surface area contributed by atoms with E-state index in [0.717, 1.165) is 148 Å². The fourth-order valence-electron chi connectivity index (χ4n) is 12.9. The molecule has 122 heavy (non-hydrogen) atoms. The Bertz CT molecular complexity index is 2650. The number of hydrogen-bond acceptors (Lipinski definition) is 19. The van der Waals surface area contributed by atoms with Crippen molar-refractivity contribution in [1.82, 2.24) is 5.32 Å². The summed E-state index contributed by atoms with van der Waals surface area (Å²) in [4.78, 5) is 103. The van der Waals surface area contributed by atoms with Gasteiger partial charge in [0.05, 0.1) is 26.4 Å². The summed E-state index contributed by atoms with van der Waals surface area (Å²) in [6.45, 7) is 14.7. The number of amides is 1. The van der Waals surface area contributed by atoms with Crippen molar-refractivity contribution < 1.29 is 99.4 Å². The maximum Gasteiger partial charge on any atom is 0.472 e. The lowest BCUT2D eigenvalue weighted by atomic mass is 10.1. The van der Waals surface area contributed by atoms with Crippen LogP contribution >= 0.6 is 15.6 Å². The van der Waals surface area contributed by atoms with E-state index in [4.69, 9.17) is 52.6 Å². The molecule has 4 atom stereocenters. The van der Waals surface area contributed by atoms with Gasteiger partial charge in [0.1, 0.15) is 18.8 Å². The molecular weight excluding hydrogens is 1590 g/mol. The summed E-state index contributed by atoms with van der Waals surface area (Å²) in [6.07, 6.45) is 81.5. The first-order chi connectivity index (χ1) is 58.9. The van der Waals surface area contributed by atoms with Crippen molar-refractivity contribution in [3.63, 3.8) is 0 Å². The van der Waals surface area contributed by atoms with Gasteiger partial charge in [0.15, 0.2) is 12.2 Å². The van der Waals surface area contributed by atoms with Crippen LogP contribution in [0, 0.1) is 0 Å². The second-order valence-corrected chi connectivity index (χ2v) is 36.5. The Kier molecular flexibility index (Phi) is 92.3. The monoisotopic (exact) mass is 1770 g/mol. The number of rotatable bonds is 87. The zero-order valence-electron chi connectivity index (χ0n) is 78.6. The van der Waals surface area contributed by atoms with Crippen molar-refractivity contribution in [2.45, 2.75) is 478 Å². The summed E-state index contributed by atoms with van der Waals surface area (Å²) in [7, 11) is -8.88. The first-order valence-corrected chi connectivity index (χ1v) is 51.8. The third-order valence-corrected chi connectivity index (χ3v) is 22.1. The van der Waals surface area contributed by atoms with Crippen LogP contribution in [-0.4, -0.2) is 127 Å². The molecule has 0 bridgehead atoms. The molecule has 0 saturated heterocycles. The number of carboxylic acid groups (broad SMARTS) is 1.